The molecule has 21 heavy (non-hydrogen) atoms. The standard InChI is InChI=1S/C17H26BrN3/c1-6-7-8-21(16(19)11-15(18)20-5)17-13(3)9-12(2)10-14(17)4/h9-11,19-20H,6-8H2,1-5H3/b15-11-,19-16?. The average molecular weight is 352 g/mol. The first-order chi connectivity index (χ1) is 9.90. The van der Waals surface area contributed by atoms with Crippen LogP contribution in [-0.4, -0.2) is 19.4 Å². The molecule has 0 heterocycles. The Bertz CT molecular complexity index is 512. The van der Waals surface area contributed by atoms with E-state index in [1.165, 1.54) is 16.7 Å². The van der Waals surface area contributed by atoms with Gasteiger partial charge in [0.05, 0.1) is 4.61 Å². The van der Waals surface area contributed by atoms with Gasteiger partial charge in [-0.3, -0.25) is 5.41 Å². The summed E-state index contributed by atoms with van der Waals surface area (Å²) in [6.07, 6.45) is 4.00. The van der Waals surface area contributed by atoms with Crippen molar-refractivity contribution in [2.24, 2.45) is 0 Å². The number of unbranched alkanes of at least 4 members (excludes halogenated alkanes) is 1. The van der Waals surface area contributed by atoms with Gasteiger partial charge in [-0.15, -0.1) is 0 Å². The Labute approximate surface area is 137 Å². The quantitative estimate of drug-likeness (QED) is 0.444. The minimum absolute atomic E-state index is 0.500. The smallest absolute Gasteiger partial charge is 0.127 e. The minimum atomic E-state index is 0.500. The molecule has 0 saturated heterocycles. The van der Waals surface area contributed by atoms with Crippen LogP contribution >= 0.6 is 15.9 Å². The molecule has 0 aliphatic carbocycles. The molecule has 1 rings (SSSR count). The Hall–Kier alpha value is -1.29. The molecule has 0 aromatic heterocycles. The van der Waals surface area contributed by atoms with Gasteiger partial charge in [0.25, 0.3) is 0 Å². The third-order valence-corrected chi connectivity index (χ3v) is 4.06. The van der Waals surface area contributed by atoms with Crippen molar-refractivity contribution in [2.75, 3.05) is 18.5 Å². The van der Waals surface area contributed by atoms with E-state index in [4.69, 9.17) is 5.41 Å². The van der Waals surface area contributed by atoms with Gasteiger partial charge in [0.1, 0.15) is 5.84 Å². The van der Waals surface area contributed by atoms with E-state index in [9.17, 15) is 0 Å². The number of anilines is 1. The van der Waals surface area contributed by atoms with E-state index in [-0.39, 0.29) is 0 Å². The summed E-state index contributed by atoms with van der Waals surface area (Å²) in [5, 5.41) is 11.4. The molecule has 0 unspecified atom stereocenters. The lowest BCUT2D eigenvalue weighted by molar-refractivity contribution is 0.791. The van der Waals surface area contributed by atoms with Crippen molar-refractivity contribution in [3.63, 3.8) is 0 Å². The zero-order valence-corrected chi connectivity index (χ0v) is 15.3. The molecule has 2 N–H and O–H groups in total. The number of rotatable bonds is 6. The van der Waals surface area contributed by atoms with Gasteiger partial charge in [-0.25, -0.2) is 0 Å². The summed E-state index contributed by atoms with van der Waals surface area (Å²) in [6, 6.07) is 4.37. The summed E-state index contributed by atoms with van der Waals surface area (Å²) in [4.78, 5) is 2.10. The van der Waals surface area contributed by atoms with Crippen molar-refractivity contribution in [2.45, 2.75) is 40.5 Å². The van der Waals surface area contributed by atoms with Crippen molar-refractivity contribution in [1.29, 1.82) is 5.41 Å². The minimum Gasteiger partial charge on any atom is -0.382 e. The van der Waals surface area contributed by atoms with E-state index in [2.05, 4.69) is 66.0 Å². The van der Waals surface area contributed by atoms with E-state index >= 15 is 0 Å². The average Bonchev–Trinajstić information content (AvgIpc) is 2.40. The van der Waals surface area contributed by atoms with Crippen LogP contribution in [0.4, 0.5) is 5.69 Å². The maximum atomic E-state index is 8.42. The van der Waals surface area contributed by atoms with Crippen molar-refractivity contribution >= 4 is 27.5 Å². The molecule has 4 heteroatoms. The van der Waals surface area contributed by atoms with Gasteiger partial charge < -0.3 is 10.2 Å². The molecular weight excluding hydrogens is 326 g/mol. The van der Waals surface area contributed by atoms with Crippen LogP contribution in [0.3, 0.4) is 0 Å². The molecule has 1 aromatic rings. The van der Waals surface area contributed by atoms with E-state index in [0.717, 1.165) is 29.7 Å². The SMILES string of the molecule is CCCCN(C(=N)/C=C(/Br)NC)c1c(C)cc(C)cc1C. The number of hydrogen-bond acceptors (Lipinski definition) is 2. The molecule has 0 spiro atoms. The molecule has 0 bridgehead atoms. The number of benzene rings is 1. The second-order valence-corrected chi connectivity index (χ2v) is 6.23. The van der Waals surface area contributed by atoms with Crippen LogP contribution in [0.25, 0.3) is 0 Å². The molecule has 0 atom stereocenters. The lowest BCUT2D eigenvalue weighted by Gasteiger charge is -2.28. The summed E-state index contributed by atoms with van der Waals surface area (Å²) in [6.45, 7) is 9.40. The first-order valence-corrected chi connectivity index (χ1v) is 8.18. The Balaban J connectivity index is 3.23. The second-order valence-electron chi connectivity index (χ2n) is 5.38. The Morgan fingerprint density at radius 3 is 2.33 bits per heavy atom. The number of amidine groups is 1. The number of nitrogens with zero attached hydrogens (tertiary/aromatic N) is 1. The summed E-state index contributed by atoms with van der Waals surface area (Å²) in [5.41, 5.74) is 4.87. The lowest BCUT2D eigenvalue weighted by atomic mass is 10.0. The van der Waals surface area contributed by atoms with Gasteiger partial charge in [0.15, 0.2) is 0 Å². The molecule has 0 amide bonds. The Morgan fingerprint density at radius 1 is 1.29 bits per heavy atom. The molecule has 0 fully saturated rings. The number of aryl methyl sites for hydroxylation is 3. The molecular formula is C17H26BrN3. The molecule has 1 aromatic carbocycles. The van der Waals surface area contributed by atoms with E-state index in [1.807, 2.05) is 13.1 Å². The number of nitrogens with one attached hydrogen (secondary N) is 2. The molecule has 0 aliphatic heterocycles. The molecule has 3 nitrogen and oxygen atoms in total. The van der Waals surface area contributed by atoms with Crippen LogP contribution in [0.1, 0.15) is 36.5 Å². The third kappa shape index (κ3) is 4.88. The molecule has 0 aliphatic rings. The highest BCUT2D eigenvalue weighted by molar-refractivity contribution is 9.11. The summed E-state index contributed by atoms with van der Waals surface area (Å²) < 4.78 is 0.816. The highest BCUT2D eigenvalue weighted by Crippen LogP contribution is 2.27. The number of hydrogen-bond donors (Lipinski definition) is 2. The maximum Gasteiger partial charge on any atom is 0.127 e. The zero-order valence-electron chi connectivity index (χ0n) is 13.7. The highest BCUT2D eigenvalue weighted by Gasteiger charge is 2.15. The highest BCUT2D eigenvalue weighted by atomic mass is 79.9. The fourth-order valence-corrected chi connectivity index (χ4v) is 2.75. The van der Waals surface area contributed by atoms with Gasteiger partial charge >= 0.3 is 0 Å². The van der Waals surface area contributed by atoms with Gasteiger partial charge in [-0.1, -0.05) is 31.0 Å². The van der Waals surface area contributed by atoms with Crippen LogP contribution in [0.5, 0.6) is 0 Å². The van der Waals surface area contributed by atoms with E-state index < -0.39 is 0 Å². The summed E-state index contributed by atoms with van der Waals surface area (Å²) >= 11 is 3.42. The van der Waals surface area contributed by atoms with Gasteiger partial charge in [0, 0.05) is 25.4 Å². The van der Waals surface area contributed by atoms with Crippen LogP contribution < -0.4 is 10.2 Å². The van der Waals surface area contributed by atoms with Crippen molar-refractivity contribution < 1.29 is 0 Å². The molecule has 0 saturated carbocycles. The van der Waals surface area contributed by atoms with Crippen LogP contribution in [-0.2, 0) is 0 Å². The van der Waals surface area contributed by atoms with Crippen LogP contribution in [0.2, 0.25) is 0 Å². The van der Waals surface area contributed by atoms with Crippen LogP contribution in [0, 0.1) is 26.2 Å². The summed E-state index contributed by atoms with van der Waals surface area (Å²) in [7, 11) is 1.84. The van der Waals surface area contributed by atoms with Gasteiger partial charge in [-0.05, 0) is 54.2 Å². The molecule has 0 radical (unpaired) electrons. The van der Waals surface area contributed by atoms with E-state index in [1.54, 1.807) is 0 Å². The normalized spacial score (nSPS) is 11.4. The van der Waals surface area contributed by atoms with Crippen molar-refractivity contribution in [3.05, 3.63) is 39.5 Å². The Morgan fingerprint density at radius 2 is 1.86 bits per heavy atom. The third-order valence-electron chi connectivity index (χ3n) is 3.43. The fraction of sp³-hybridized carbons (Fsp3) is 0.471. The van der Waals surface area contributed by atoms with Crippen LogP contribution in [0.15, 0.2) is 22.8 Å². The maximum absolute atomic E-state index is 8.42. The first-order valence-electron chi connectivity index (χ1n) is 7.39. The van der Waals surface area contributed by atoms with Gasteiger partial charge in [-0.2, -0.15) is 0 Å². The largest absolute Gasteiger partial charge is 0.382 e. The second kappa shape index (κ2) is 8.23. The Kier molecular flexibility index (Phi) is 6.96. The first kappa shape index (κ1) is 17.8. The monoisotopic (exact) mass is 351 g/mol. The van der Waals surface area contributed by atoms with Crippen molar-refractivity contribution in [3.8, 4) is 0 Å². The van der Waals surface area contributed by atoms with E-state index in [0.29, 0.717) is 5.84 Å². The van der Waals surface area contributed by atoms with Gasteiger partial charge in [0.2, 0.25) is 0 Å². The predicted molar refractivity (Wildman–Crippen MR) is 96.7 cm³/mol. The summed E-state index contributed by atoms with van der Waals surface area (Å²) in [5.74, 6) is 0.500. The molecule has 116 valence electrons. The predicted octanol–water partition coefficient (Wildman–Crippen LogP) is 4.65. The topological polar surface area (TPSA) is 39.1 Å². The fourth-order valence-electron chi connectivity index (χ4n) is 2.54. The van der Waals surface area contributed by atoms with Crippen molar-refractivity contribution in [1.82, 2.24) is 5.32 Å². The number of halogens is 1. The zero-order chi connectivity index (χ0) is 16.0. The lowest BCUT2D eigenvalue weighted by Crippen LogP contribution is -2.31.